The van der Waals surface area contributed by atoms with Crippen LogP contribution in [0, 0.1) is 5.82 Å². The average molecular weight is 350 g/mol. The number of benzene rings is 2. The second-order valence-corrected chi connectivity index (χ2v) is 5.99. The van der Waals surface area contributed by atoms with Crippen molar-refractivity contribution in [3.63, 3.8) is 0 Å². The molecule has 1 N–H and O–H groups in total. The van der Waals surface area contributed by atoms with Crippen LogP contribution in [0.25, 0.3) is 10.1 Å². The van der Waals surface area contributed by atoms with Crippen LogP contribution in [0.15, 0.2) is 52.3 Å². The maximum Gasteiger partial charge on any atom is 0.257 e. The quantitative estimate of drug-likeness (QED) is 0.688. The molecule has 0 aliphatic carbocycles. The predicted octanol–water partition coefficient (Wildman–Crippen LogP) is 5.06. The first-order chi connectivity index (χ1) is 9.65. The minimum absolute atomic E-state index is 0.242. The van der Waals surface area contributed by atoms with Crippen LogP contribution in [0.4, 0.5) is 10.1 Å². The first-order valence-electron chi connectivity index (χ1n) is 5.88. The first kappa shape index (κ1) is 13.3. The van der Waals surface area contributed by atoms with Crippen molar-refractivity contribution in [2.24, 2.45) is 0 Å². The summed E-state index contributed by atoms with van der Waals surface area (Å²) < 4.78 is 14.9. The van der Waals surface area contributed by atoms with Gasteiger partial charge in [0.15, 0.2) is 0 Å². The number of anilines is 1. The molecule has 0 unspecified atom stereocenters. The number of fused-ring (bicyclic) bond motifs is 1. The molecule has 1 aromatic heterocycles. The minimum atomic E-state index is -0.390. The zero-order chi connectivity index (χ0) is 14.1. The molecule has 0 saturated heterocycles. The number of hydrogen-bond acceptors (Lipinski definition) is 2. The largest absolute Gasteiger partial charge is 0.321 e. The van der Waals surface area contributed by atoms with E-state index in [0.717, 1.165) is 10.1 Å². The lowest BCUT2D eigenvalue weighted by Gasteiger charge is -2.07. The Bertz CT molecular complexity index is 799. The molecule has 3 rings (SSSR count). The Morgan fingerprint density at radius 1 is 1.20 bits per heavy atom. The van der Waals surface area contributed by atoms with Crippen LogP contribution in [0.1, 0.15) is 10.4 Å². The monoisotopic (exact) mass is 349 g/mol. The number of nitrogens with one attached hydrogen (secondary N) is 1. The number of carbonyl (C=O) groups excluding carboxylic acids is 1. The number of thiophene rings is 1. The van der Waals surface area contributed by atoms with Gasteiger partial charge in [-0.05, 0) is 40.2 Å². The molecule has 5 heteroatoms. The van der Waals surface area contributed by atoms with Crippen LogP contribution in [-0.2, 0) is 0 Å². The highest BCUT2D eigenvalue weighted by Crippen LogP contribution is 2.28. The van der Waals surface area contributed by atoms with Gasteiger partial charge in [0.05, 0.1) is 11.3 Å². The summed E-state index contributed by atoms with van der Waals surface area (Å²) >= 11 is 4.81. The van der Waals surface area contributed by atoms with Crippen LogP contribution < -0.4 is 5.32 Å². The molecule has 3 aromatic rings. The summed E-state index contributed by atoms with van der Waals surface area (Å²) in [7, 11) is 0. The molecule has 0 aliphatic rings. The minimum Gasteiger partial charge on any atom is -0.321 e. The first-order valence-corrected chi connectivity index (χ1v) is 7.55. The van der Waals surface area contributed by atoms with E-state index in [2.05, 4.69) is 21.2 Å². The number of rotatable bonds is 2. The topological polar surface area (TPSA) is 29.1 Å². The van der Waals surface area contributed by atoms with Crippen LogP contribution in [0.2, 0.25) is 0 Å². The fourth-order valence-corrected chi connectivity index (χ4v) is 3.22. The maximum absolute atomic E-state index is 13.2. The lowest BCUT2D eigenvalue weighted by atomic mass is 10.1. The molecule has 0 atom stereocenters. The zero-order valence-electron chi connectivity index (χ0n) is 10.2. The van der Waals surface area contributed by atoms with Gasteiger partial charge in [-0.15, -0.1) is 11.3 Å². The molecule has 0 radical (unpaired) electrons. The third kappa shape index (κ3) is 2.46. The molecular weight excluding hydrogens is 341 g/mol. The van der Waals surface area contributed by atoms with Crippen molar-refractivity contribution >= 4 is 48.9 Å². The Balaban J connectivity index is 1.95. The van der Waals surface area contributed by atoms with Gasteiger partial charge in [0.25, 0.3) is 5.91 Å². The summed E-state index contributed by atoms with van der Waals surface area (Å²) in [5.74, 6) is -0.632. The highest BCUT2D eigenvalue weighted by molar-refractivity contribution is 9.10. The second kappa shape index (κ2) is 5.34. The SMILES string of the molecule is O=C(Nc1cc(F)ccc1Br)c1csc2ccccc12. The smallest absolute Gasteiger partial charge is 0.257 e. The zero-order valence-corrected chi connectivity index (χ0v) is 12.6. The van der Waals surface area contributed by atoms with E-state index in [9.17, 15) is 9.18 Å². The lowest BCUT2D eigenvalue weighted by molar-refractivity contribution is 0.102. The summed E-state index contributed by atoms with van der Waals surface area (Å²) in [6, 6.07) is 11.9. The van der Waals surface area contributed by atoms with Gasteiger partial charge in [-0.2, -0.15) is 0 Å². The molecule has 100 valence electrons. The highest BCUT2D eigenvalue weighted by atomic mass is 79.9. The predicted molar refractivity (Wildman–Crippen MR) is 83.9 cm³/mol. The molecule has 0 bridgehead atoms. The van der Waals surface area contributed by atoms with Gasteiger partial charge < -0.3 is 5.32 Å². The summed E-state index contributed by atoms with van der Waals surface area (Å²) in [4.78, 5) is 12.3. The molecule has 2 nitrogen and oxygen atoms in total. The van der Waals surface area contributed by atoms with Crippen molar-refractivity contribution in [2.75, 3.05) is 5.32 Å². The van der Waals surface area contributed by atoms with Crippen LogP contribution in [0.5, 0.6) is 0 Å². The van der Waals surface area contributed by atoms with Crippen LogP contribution in [-0.4, -0.2) is 5.91 Å². The van der Waals surface area contributed by atoms with Gasteiger partial charge in [-0.25, -0.2) is 4.39 Å². The van der Waals surface area contributed by atoms with E-state index < -0.39 is 5.82 Å². The van der Waals surface area contributed by atoms with Crippen LogP contribution >= 0.6 is 27.3 Å². The maximum atomic E-state index is 13.2. The summed E-state index contributed by atoms with van der Waals surface area (Å²) in [6.07, 6.45) is 0. The van der Waals surface area contributed by atoms with E-state index in [4.69, 9.17) is 0 Å². The van der Waals surface area contributed by atoms with E-state index in [0.29, 0.717) is 15.7 Å². The molecule has 1 heterocycles. The van der Waals surface area contributed by atoms with Gasteiger partial charge in [0, 0.05) is 19.9 Å². The van der Waals surface area contributed by atoms with Gasteiger partial charge >= 0.3 is 0 Å². The molecular formula is C15H9BrFNOS. The normalized spacial score (nSPS) is 10.7. The van der Waals surface area contributed by atoms with E-state index in [1.165, 1.54) is 23.5 Å². The standard InChI is InChI=1S/C15H9BrFNOS/c16-12-6-5-9(17)7-13(12)18-15(19)11-8-20-14-4-2-1-3-10(11)14/h1-8H,(H,18,19). The third-order valence-corrected chi connectivity index (χ3v) is 4.56. The molecule has 0 aliphatic heterocycles. The average Bonchev–Trinajstić information content (AvgIpc) is 2.87. The van der Waals surface area contributed by atoms with E-state index in [1.54, 1.807) is 6.07 Å². The van der Waals surface area contributed by atoms with Gasteiger partial charge in [-0.3, -0.25) is 4.79 Å². The fraction of sp³-hybridized carbons (Fsp3) is 0. The van der Waals surface area contributed by atoms with E-state index >= 15 is 0 Å². The Morgan fingerprint density at radius 2 is 2.00 bits per heavy atom. The Kier molecular flexibility index (Phi) is 3.54. The van der Waals surface area contributed by atoms with Crippen LogP contribution in [0.3, 0.4) is 0 Å². The summed E-state index contributed by atoms with van der Waals surface area (Å²) in [5.41, 5.74) is 1.02. The van der Waals surface area contributed by atoms with E-state index in [-0.39, 0.29) is 5.91 Å². The van der Waals surface area contributed by atoms with Gasteiger partial charge in [0.1, 0.15) is 5.82 Å². The Hall–Kier alpha value is -1.72. The van der Waals surface area contributed by atoms with Crippen molar-refractivity contribution in [1.29, 1.82) is 0 Å². The van der Waals surface area contributed by atoms with E-state index in [1.807, 2.05) is 29.6 Å². The van der Waals surface area contributed by atoms with Crippen molar-refractivity contribution in [3.05, 3.63) is 63.7 Å². The molecule has 0 fully saturated rings. The number of carbonyl (C=O) groups is 1. The third-order valence-electron chi connectivity index (χ3n) is 2.90. The number of amides is 1. The Labute approximate surface area is 127 Å². The van der Waals surface area contributed by atoms with Crippen molar-refractivity contribution in [2.45, 2.75) is 0 Å². The van der Waals surface area contributed by atoms with Crippen molar-refractivity contribution < 1.29 is 9.18 Å². The Morgan fingerprint density at radius 3 is 2.85 bits per heavy atom. The second-order valence-electron chi connectivity index (χ2n) is 4.22. The number of hydrogen-bond donors (Lipinski definition) is 1. The molecule has 0 saturated carbocycles. The fourth-order valence-electron chi connectivity index (χ4n) is 1.94. The van der Waals surface area contributed by atoms with Crippen molar-refractivity contribution in [1.82, 2.24) is 0 Å². The summed E-state index contributed by atoms with van der Waals surface area (Å²) in [6.45, 7) is 0. The molecule has 0 spiro atoms. The van der Waals surface area contributed by atoms with Gasteiger partial charge in [0.2, 0.25) is 0 Å². The highest BCUT2D eigenvalue weighted by Gasteiger charge is 2.13. The van der Waals surface area contributed by atoms with Gasteiger partial charge in [-0.1, -0.05) is 18.2 Å². The number of halogens is 2. The molecule has 20 heavy (non-hydrogen) atoms. The molecule has 2 aromatic carbocycles. The summed E-state index contributed by atoms with van der Waals surface area (Å²) in [5, 5.41) is 5.44. The molecule has 1 amide bonds. The lowest BCUT2D eigenvalue weighted by Crippen LogP contribution is -2.11. The van der Waals surface area contributed by atoms with Crippen molar-refractivity contribution in [3.8, 4) is 0 Å².